The summed E-state index contributed by atoms with van der Waals surface area (Å²) in [5, 5.41) is 12.0. The molecule has 0 radical (unpaired) electrons. The van der Waals surface area contributed by atoms with E-state index in [1.807, 2.05) is 49.4 Å². The molecule has 6 heteroatoms. The van der Waals surface area contributed by atoms with Gasteiger partial charge in [0.25, 0.3) is 0 Å². The van der Waals surface area contributed by atoms with E-state index < -0.39 is 0 Å². The van der Waals surface area contributed by atoms with Crippen LogP contribution in [0.3, 0.4) is 0 Å². The summed E-state index contributed by atoms with van der Waals surface area (Å²) in [5.41, 5.74) is 9.45. The first-order valence-electron chi connectivity index (χ1n) is 6.06. The first kappa shape index (κ1) is 12.8. The molecule has 0 saturated carbocycles. The van der Waals surface area contributed by atoms with Crippen LogP contribution in [-0.4, -0.2) is 20.2 Å². The number of nitrogens with two attached hydrogens (primary N) is 1. The third-order valence-corrected chi connectivity index (χ3v) is 3.45. The minimum absolute atomic E-state index is 0.660. The molecule has 0 unspecified atom stereocenters. The fourth-order valence-corrected chi connectivity index (χ4v) is 2.58. The summed E-state index contributed by atoms with van der Waals surface area (Å²) in [4.78, 5) is 0. The Hall–Kier alpha value is -2.21. The van der Waals surface area contributed by atoms with E-state index in [-0.39, 0.29) is 0 Å². The van der Waals surface area contributed by atoms with Crippen molar-refractivity contribution in [3.63, 3.8) is 0 Å². The quantitative estimate of drug-likeness (QED) is 0.734. The summed E-state index contributed by atoms with van der Waals surface area (Å²) < 4.78 is 2.61. The fraction of sp³-hybridized carbons (Fsp3) is 0.0714. The Balaban J connectivity index is 2.18. The minimum Gasteiger partial charge on any atom is -0.399 e. The van der Waals surface area contributed by atoms with Gasteiger partial charge in [-0.2, -0.15) is 4.68 Å². The summed E-state index contributed by atoms with van der Waals surface area (Å²) in [6.07, 6.45) is 0. The smallest absolute Gasteiger partial charge is 0.187 e. The zero-order valence-corrected chi connectivity index (χ0v) is 12.4. The van der Waals surface area contributed by atoms with Crippen LogP contribution in [0.5, 0.6) is 0 Å². The van der Waals surface area contributed by atoms with E-state index in [2.05, 4.69) is 31.5 Å². The van der Waals surface area contributed by atoms with E-state index in [0.29, 0.717) is 11.5 Å². The number of nitrogens with zero attached hydrogens (tertiary/aromatic N) is 4. The van der Waals surface area contributed by atoms with Crippen LogP contribution in [0.1, 0.15) is 5.56 Å². The largest absolute Gasteiger partial charge is 0.399 e. The second-order valence-corrected chi connectivity index (χ2v) is 5.39. The van der Waals surface area contributed by atoms with Gasteiger partial charge in [-0.3, -0.25) is 0 Å². The molecule has 1 aromatic heterocycles. The van der Waals surface area contributed by atoms with Crippen molar-refractivity contribution in [3.05, 3.63) is 52.5 Å². The van der Waals surface area contributed by atoms with Gasteiger partial charge < -0.3 is 5.73 Å². The molecule has 0 amide bonds. The molecule has 0 aliphatic rings. The molecule has 3 rings (SSSR count). The number of aryl methyl sites for hydroxylation is 1. The molecule has 100 valence electrons. The lowest BCUT2D eigenvalue weighted by Crippen LogP contribution is -2.02. The minimum atomic E-state index is 0.660. The van der Waals surface area contributed by atoms with E-state index in [1.165, 1.54) is 0 Å². The maximum absolute atomic E-state index is 5.88. The van der Waals surface area contributed by atoms with Crippen LogP contribution >= 0.6 is 15.9 Å². The summed E-state index contributed by atoms with van der Waals surface area (Å²) >= 11 is 3.44. The van der Waals surface area contributed by atoms with Crippen molar-refractivity contribution in [2.45, 2.75) is 6.92 Å². The first-order chi connectivity index (χ1) is 9.65. The molecule has 0 aliphatic carbocycles. The summed E-state index contributed by atoms with van der Waals surface area (Å²) in [7, 11) is 0. The number of tetrazole rings is 1. The molecule has 20 heavy (non-hydrogen) atoms. The van der Waals surface area contributed by atoms with Gasteiger partial charge in [0, 0.05) is 15.7 Å². The van der Waals surface area contributed by atoms with E-state index >= 15 is 0 Å². The van der Waals surface area contributed by atoms with Gasteiger partial charge in [-0.05, 0) is 47.2 Å². The van der Waals surface area contributed by atoms with Gasteiger partial charge in [0.2, 0.25) is 0 Å². The van der Waals surface area contributed by atoms with E-state index in [4.69, 9.17) is 5.73 Å². The van der Waals surface area contributed by atoms with Crippen molar-refractivity contribution in [1.29, 1.82) is 0 Å². The van der Waals surface area contributed by atoms with Crippen molar-refractivity contribution < 1.29 is 0 Å². The topological polar surface area (TPSA) is 69.6 Å². The first-order valence-corrected chi connectivity index (χ1v) is 6.85. The lowest BCUT2D eigenvalue weighted by molar-refractivity contribution is 0.787. The van der Waals surface area contributed by atoms with Crippen LogP contribution in [0, 0.1) is 6.92 Å². The molecule has 3 aromatic rings. The van der Waals surface area contributed by atoms with Crippen molar-refractivity contribution in [2.75, 3.05) is 5.73 Å². The van der Waals surface area contributed by atoms with Crippen LogP contribution in [0.4, 0.5) is 5.69 Å². The molecule has 2 N–H and O–H groups in total. The van der Waals surface area contributed by atoms with Gasteiger partial charge in [-0.25, -0.2) is 0 Å². The summed E-state index contributed by atoms with van der Waals surface area (Å²) in [6.45, 7) is 2.02. The van der Waals surface area contributed by atoms with Gasteiger partial charge in [-0.1, -0.05) is 34.1 Å². The second kappa shape index (κ2) is 5.05. The van der Waals surface area contributed by atoms with Crippen LogP contribution in [0.15, 0.2) is 46.9 Å². The Morgan fingerprint density at radius 1 is 1.15 bits per heavy atom. The highest BCUT2D eigenvalue weighted by atomic mass is 79.9. The average molecular weight is 330 g/mol. The standard InChI is InChI=1S/C14H12BrN5/c1-9-4-2-3-5-13(9)20-14(17-18-19-20)10-6-11(15)8-12(16)7-10/h2-8H,16H2,1H3. The number of benzene rings is 2. The van der Waals surface area contributed by atoms with Crippen molar-refractivity contribution in [2.24, 2.45) is 0 Å². The van der Waals surface area contributed by atoms with E-state index in [9.17, 15) is 0 Å². The predicted octanol–water partition coefficient (Wildman–Crippen LogP) is 2.98. The highest BCUT2D eigenvalue weighted by Crippen LogP contribution is 2.26. The lowest BCUT2D eigenvalue weighted by atomic mass is 10.1. The molecule has 0 atom stereocenters. The fourth-order valence-electron chi connectivity index (χ4n) is 2.07. The molecule has 0 saturated heterocycles. The predicted molar refractivity (Wildman–Crippen MR) is 81.4 cm³/mol. The Kier molecular flexibility index (Phi) is 3.23. The molecule has 1 heterocycles. The molecule has 0 bridgehead atoms. The molecular weight excluding hydrogens is 318 g/mol. The van der Waals surface area contributed by atoms with Crippen molar-refractivity contribution in [1.82, 2.24) is 20.2 Å². The third kappa shape index (κ3) is 2.30. The number of nitrogen functional groups attached to an aromatic ring is 1. The zero-order valence-electron chi connectivity index (χ0n) is 10.8. The number of anilines is 1. The second-order valence-electron chi connectivity index (χ2n) is 4.47. The summed E-state index contributed by atoms with van der Waals surface area (Å²) in [6, 6.07) is 13.6. The number of hydrogen-bond donors (Lipinski definition) is 1. The van der Waals surface area contributed by atoms with Gasteiger partial charge in [-0.15, -0.1) is 5.10 Å². The number of hydrogen-bond acceptors (Lipinski definition) is 4. The molecular formula is C14H12BrN5. The van der Waals surface area contributed by atoms with Crippen molar-refractivity contribution >= 4 is 21.6 Å². The molecule has 0 aliphatic heterocycles. The van der Waals surface area contributed by atoms with Gasteiger partial charge in [0.15, 0.2) is 5.82 Å². The Morgan fingerprint density at radius 2 is 1.95 bits per heavy atom. The third-order valence-electron chi connectivity index (χ3n) is 2.99. The van der Waals surface area contributed by atoms with Crippen LogP contribution in [0.25, 0.3) is 17.1 Å². The highest BCUT2D eigenvalue weighted by Gasteiger charge is 2.13. The van der Waals surface area contributed by atoms with Gasteiger partial charge in [0.1, 0.15) is 0 Å². The average Bonchev–Trinajstić information content (AvgIpc) is 2.87. The maximum Gasteiger partial charge on any atom is 0.187 e. The maximum atomic E-state index is 5.88. The normalized spacial score (nSPS) is 10.7. The number of aromatic nitrogens is 4. The lowest BCUT2D eigenvalue weighted by Gasteiger charge is -2.08. The number of halogens is 1. The summed E-state index contributed by atoms with van der Waals surface area (Å²) in [5.74, 6) is 0.660. The van der Waals surface area contributed by atoms with Crippen LogP contribution in [0.2, 0.25) is 0 Å². The zero-order chi connectivity index (χ0) is 14.1. The molecule has 0 spiro atoms. The van der Waals surface area contributed by atoms with Gasteiger partial charge in [0.05, 0.1) is 5.69 Å². The van der Waals surface area contributed by atoms with Gasteiger partial charge >= 0.3 is 0 Å². The highest BCUT2D eigenvalue weighted by molar-refractivity contribution is 9.10. The van der Waals surface area contributed by atoms with Crippen LogP contribution < -0.4 is 5.73 Å². The van der Waals surface area contributed by atoms with E-state index in [1.54, 1.807) is 4.68 Å². The monoisotopic (exact) mass is 329 g/mol. The van der Waals surface area contributed by atoms with Crippen molar-refractivity contribution in [3.8, 4) is 17.1 Å². The molecule has 2 aromatic carbocycles. The Bertz CT molecular complexity index is 746. The Labute approximate surface area is 124 Å². The number of rotatable bonds is 2. The van der Waals surface area contributed by atoms with Crippen LogP contribution in [-0.2, 0) is 0 Å². The molecule has 5 nitrogen and oxygen atoms in total. The SMILES string of the molecule is Cc1ccccc1-n1nnnc1-c1cc(N)cc(Br)c1. The molecule has 0 fully saturated rings. The Morgan fingerprint density at radius 3 is 2.70 bits per heavy atom. The number of para-hydroxylation sites is 1. The van der Waals surface area contributed by atoms with E-state index in [0.717, 1.165) is 21.3 Å².